The fourth-order valence-electron chi connectivity index (χ4n) is 2.53. The minimum atomic E-state index is -4.00. The van der Waals surface area contributed by atoms with Crippen LogP contribution in [0.15, 0.2) is 58.3 Å². The van der Waals surface area contributed by atoms with Gasteiger partial charge in [0.1, 0.15) is 12.7 Å². The summed E-state index contributed by atoms with van der Waals surface area (Å²) in [5.41, 5.74) is 0. The zero-order chi connectivity index (χ0) is 18.9. The predicted molar refractivity (Wildman–Crippen MR) is 94.0 cm³/mol. The Balaban J connectivity index is 1.78. The molecule has 0 radical (unpaired) electrons. The number of likely N-dealkylation sites (N-methyl/N-ethyl adjacent to an activating group) is 1. The van der Waals surface area contributed by atoms with Gasteiger partial charge in [-0.1, -0.05) is 18.2 Å². The van der Waals surface area contributed by atoms with Crippen molar-refractivity contribution in [2.45, 2.75) is 15.9 Å². The third-order valence-corrected chi connectivity index (χ3v) is 6.60. The number of fused-ring (bicyclic) bond motifs is 1. The average molecular weight is 398 g/mol. The van der Waals surface area contributed by atoms with E-state index in [1.54, 1.807) is 18.2 Å². The number of hydrogen-bond donors (Lipinski definition) is 1. The zero-order valence-electron chi connectivity index (χ0n) is 13.9. The maximum Gasteiger partial charge on any atom is 0.242 e. The average Bonchev–Trinajstić information content (AvgIpc) is 2.61. The number of primary sulfonamides is 1. The summed E-state index contributed by atoms with van der Waals surface area (Å²) in [5.74, 6) is 1.15. The summed E-state index contributed by atoms with van der Waals surface area (Å²) in [6.07, 6.45) is -0.494. The molecule has 2 aromatic carbocycles. The van der Waals surface area contributed by atoms with Crippen molar-refractivity contribution in [3.63, 3.8) is 0 Å². The Kier molecular flexibility index (Phi) is 4.93. The van der Waals surface area contributed by atoms with E-state index in [1.807, 2.05) is 6.07 Å². The van der Waals surface area contributed by atoms with Gasteiger partial charge >= 0.3 is 0 Å². The molecule has 10 heteroatoms. The molecule has 8 nitrogen and oxygen atoms in total. The Labute approximate surface area is 152 Å². The highest BCUT2D eigenvalue weighted by Gasteiger charge is 2.28. The minimum Gasteiger partial charge on any atom is -0.486 e. The van der Waals surface area contributed by atoms with Crippen LogP contribution in [0, 0.1) is 0 Å². The van der Waals surface area contributed by atoms with Crippen LogP contribution in [-0.2, 0) is 20.0 Å². The fraction of sp³-hybridized carbons (Fsp3) is 0.250. The first-order valence-electron chi connectivity index (χ1n) is 7.65. The number of hydrogen-bond acceptors (Lipinski definition) is 6. The highest BCUT2D eigenvalue weighted by molar-refractivity contribution is 7.90. The summed E-state index contributed by atoms with van der Waals surface area (Å²) in [6, 6.07) is 12.0. The van der Waals surface area contributed by atoms with Gasteiger partial charge in [-0.2, -0.15) is 4.31 Å². The van der Waals surface area contributed by atoms with Crippen LogP contribution in [0.2, 0.25) is 0 Å². The van der Waals surface area contributed by atoms with Crippen molar-refractivity contribution in [2.75, 3.05) is 20.2 Å². The Bertz CT molecular complexity index is 1020. The molecule has 26 heavy (non-hydrogen) atoms. The van der Waals surface area contributed by atoms with Gasteiger partial charge in [0.2, 0.25) is 20.0 Å². The molecule has 0 fully saturated rings. The van der Waals surface area contributed by atoms with Crippen molar-refractivity contribution in [2.24, 2.45) is 5.14 Å². The van der Waals surface area contributed by atoms with E-state index in [-0.39, 0.29) is 22.9 Å². The zero-order valence-corrected chi connectivity index (χ0v) is 15.5. The van der Waals surface area contributed by atoms with E-state index in [9.17, 15) is 16.8 Å². The van der Waals surface area contributed by atoms with E-state index in [4.69, 9.17) is 14.6 Å². The molecular formula is C16H18N2O6S2. The van der Waals surface area contributed by atoms with Gasteiger partial charge in [-0.05, 0) is 30.3 Å². The Hall–Kier alpha value is -2.14. The quantitative estimate of drug-likeness (QED) is 0.796. The smallest absolute Gasteiger partial charge is 0.242 e. The van der Waals surface area contributed by atoms with Gasteiger partial charge in [-0.3, -0.25) is 0 Å². The molecule has 0 bridgehead atoms. The van der Waals surface area contributed by atoms with Crippen LogP contribution in [0.25, 0.3) is 0 Å². The maximum atomic E-state index is 12.7. The molecule has 3 rings (SSSR count). The van der Waals surface area contributed by atoms with Crippen molar-refractivity contribution < 1.29 is 26.3 Å². The lowest BCUT2D eigenvalue weighted by Gasteiger charge is -2.29. The van der Waals surface area contributed by atoms with Crippen molar-refractivity contribution in [3.05, 3.63) is 48.5 Å². The second-order valence-electron chi connectivity index (χ2n) is 5.80. The van der Waals surface area contributed by atoms with E-state index in [0.29, 0.717) is 11.5 Å². The molecule has 2 aromatic rings. The lowest BCUT2D eigenvalue weighted by molar-refractivity contribution is 0.0798. The highest BCUT2D eigenvalue weighted by Crippen LogP contribution is 2.31. The molecule has 0 saturated carbocycles. The van der Waals surface area contributed by atoms with Crippen LogP contribution in [-0.4, -0.2) is 47.4 Å². The Morgan fingerprint density at radius 1 is 1.04 bits per heavy atom. The minimum absolute atomic E-state index is 0.0380. The van der Waals surface area contributed by atoms with Crippen LogP contribution in [0.4, 0.5) is 0 Å². The fourth-order valence-corrected chi connectivity index (χ4v) is 4.41. The second-order valence-corrected chi connectivity index (χ2v) is 9.41. The molecule has 0 aliphatic carbocycles. The number of para-hydroxylation sites is 2. The number of sulfonamides is 2. The van der Waals surface area contributed by atoms with Gasteiger partial charge in [0, 0.05) is 7.05 Å². The SMILES string of the molecule is CN(C[C@@H]1COc2ccccc2O1)S(=O)(=O)c1cccc(S(N)(=O)=O)c1. The number of nitrogens with zero attached hydrogens (tertiary/aromatic N) is 1. The first-order valence-corrected chi connectivity index (χ1v) is 10.6. The molecule has 2 N–H and O–H groups in total. The van der Waals surface area contributed by atoms with Crippen molar-refractivity contribution in [3.8, 4) is 11.5 Å². The molecule has 0 aromatic heterocycles. The van der Waals surface area contributed by atoms with Crippen molar-refractivity contribution in [1.29, 1.82) is 0 Å². The number of rotatable bonds is 5. The van der Waals surface area contributed by atoms with E-state index in [0.717, 1.165) is 10.4 Å². The molecule has 1 heterocycles. The van der Waals surface area contributed by atoms with Crippen molar-refractivity contribution in [1.82, 2.24) is 4.31 Å². The lowest BCUT2D eigenvalue weighted by Crippen LogP contribution is -2.41. The van der Waals surface area contributed by atoms with E-state index < -0.39 is 26.2 Å². The summed E-state index contributed by atoms with van der Waals surface area (Å²) in [7, 11) is -6.53. The molecule has 0 spiro atoms. The summed E-state index contributed by atoms with van der Waals surface area (Å²) < 4.78 is 60.8. The summed E-state index contributed by atoms with van der Waals surface area (Å²) >= 11 is 0. The number of benzene rings is 2. The van der Waals surface area contributed by atoms with Crippen LogP contribution < -0.4 is 14.6 Å². The van der Waals surface area contributed by atoms with Crippen LogP contribution in [0.1, 0.15) is 0 Å². The molecule has 0 saturated heterocycles. The van der Waals surface area contributed by atoms with Crippen LogP contribution >= 0.6 is 0 Å². The van der Waals surface area contributed by atoms with E-state index >= 15 is 0 Å². The Morgan fingerprint density at radius 3 is 2.38 bits per heavy atom. The lowest BCUT2D eigenvalue weighted by atomic mass is 10.2. The Morgan fingerprint density at radius 2 is 1.69 bits per heavy atom. The predicted octanol–water partition coefficient (Wildman–Crippen LogP) is 0.795. The van der Waals surface area contributed by atoms with Crippen LogP contribution in [0.3, 0.4) is 0 Å². The maximum absolute atomic E-state index is 12.7. The molecular weight excluding hydrogens is 380 g/mol. The van der Waals surface area contributed by atoms with Gasteiger partial charge < -0.3 is 9.47 Å². The summed E-state index contributed by atoms with van der Waals surface area (Å²) in [5, 5.41) is 5.07. The summed E-state index contributed by atoms with van der Waals surface area (Å²) in [6.45, 7) is 0.240. The second kappa shape index (κ2) is 6.88. The molecule has 1 aliphatic rings. The van der Waals surface area contributed by atoms with E-state index in [1.165, 1.54) is 25.2 Å². The van der Waals surface area contributed by atoms with Crippen molar-refractivity contribution >= 4 is 20.0 Å². The van der Waals surface area contributed by atoms with Gasteiger partial charge in [-0.25, -0.2) is 22.0 Å². The molecule has 0 amide bonds. The van der Waals surface area contributed by atoms with E-state index in [2.05, 4.69) is 0 Å². The molecule has 0 unspecified atom stereocenters. The third kappa shape index (κ3) is 3.83. The third-order valence-electron chi connectivity index (χ3n) is 3.87. The highest BCUT2D eigenvalue weighted by atomic mass is 32.2. The topological polar surface area (TPSA) is 116 Å². The van der Waals surface area contributed by atoms with Gasteiger partial charge in [0.15, 0.2) is 11.5 Å². The first kappa shape index (κ1) is 18.6. The summed E-state index contributed by atoms with van der Waals surface area (Å²) in [4.78, 5) is -0.429. The molecule has 1 atom stereocenters. The van der Waals surface area contributed by atoms with Gasteiger partial charge in [-0.15, -0.1) is 0 Å². The standard InChI is InChI=1S/C16H18N2O6S2/c1-18(10-12-11-23-15-7-2-3-8-16(15)24-12)26(21,22)14-6-4-5-13(9-14)25(17,19)20/h2-9,12H,10-11H2,1H3,(H2,17,19,20)/t12-/m1/s1. The monoisotopic (exact) mass is 398 g/mol. The normalized spacial score (nSPS) is 17.3. The largest absolute Gasteiger partial charge is 0.486 e. The van der Waals surface area contributed by atoms with Gasteiger partial charge in [0.25, 0.3) is 0 Å². The number of ether oxygens (including phenoxy) is 2. The molecule has 1 aliphatic heterocycles. The van der Waals surface area contributed by atoms with Gasteiger partial charge in [0.05, 0.1) is 16.3 Å². The first-order chi connectivity index (χ1) is 12.2. The number of nitrogens with two attached hydrogens (primary N) is 1. The molecule has 140 valence electrons. The van der Waals surface area contributed by atoms with Crippen LogP contribution in [0.5, 0.6) is 11.5 Å².